The van der Waals surface area contributed by atoms with Crippen molar-refractivity contribution in [3.63, 3.8) is 0 Å². The zero-order chi connectivity index (χ0) is 52.4. The molecular weight excluding hydrogens is 943 g/mol. The van der Waals surface area contributed by atoms with Crippen molar-refractivity contribution in [1.82, 2.24) is 36.5 Å². The van der Waals surface area contributed by atoms with E-state index >= 15 is 0 Å². The maximum Gasteiger partial charge on any atom is 0.243 e. The van der Waals surface area contributed by atoms with E-state index in [-0.39, 0.29) is 43.7 Å². The minimum atomic E-state index is -1.24. The summed E-state index contributed by atoms with van der Waals surface area (Å²) in [5.41, 5.74) is 17.5. The number of aromatic amines is 1. The Kier molecular flexibility index (Phi) is 19.8. The number of anilines is 1. The molecule has 7 rings (SSSR count). The van der Waals surface area contributed by atoms with Crippen LogP contribution in [-0.2, 0) is 48.1 Å². The fourth-order valence-electron chi connectivity index (χ4n) is 9.50. The van der Waals surface area contributed by atoms with Gasteiger partial charge >= 0.3 is 0 Å². The monoisotopic (exact) mass is 1010 g/mol. The van der Waals surface area contributed by atoms with Crippen molar-refractivity contribution >= 4 is 52.1 Å². The first-order valence-electron chi connectivity index (χ1n) is 25.4. The van der Waals surface area contributed by atoms with Crippen molar-refractivity contribution in [3.8, 4) is 22.6 Å². The van der Waals surface area contributed by atoms with Crippen molar-refractivity contribution in [2.24, 2.45) is 17.4 Å². The van der Waals surface area contributed by atoms with Crippen molar-refractivity contribution in [3.05, 3.63) is 114 Å². The van der Waals surface area contributed by atoms with Gasteiger partial charge in [-0.3, -0.25) is 34.3 Å². The summed E-state index contributed by atoms with van der Waals surface area (Å²) < 4.78 is 16.6. The molecular formula is C55H71N11O8. The SMILES string of the molecule is COc1ccc2[nH]cc(CC(NC(=O)C3CCCC(N)C3)C(=O)NC(Cc3ccc(-c4ccccc4OC)cc3)C(=O)NC(CCCCNC(=N)N)C(=O)NCC(=O)Nc3ccc(CN4CCOCC4)cc3)c2c1. The summed E-state index contributed by atoms with van der Waals surface area (Å²) in [5, 5.41) is 25.5. The second kappa shape index (κ2) is 27.0. The topological polar surface area (TPSA) is 280 Å². The number of ether oxygens (including phenoxy) is 3. The van der Waals surface area contributed by atoms with E-state index in [0.717, 1.165) is 65.6 Å². The minimum absolute atomic E-state index is 0.0106. The summed E-state index contributed by atoms with van der Waals surface area (Å²) in [5.74, 6) is -1.91. The minimum Gasteiger partial charge on any atom is -0.497 e. The lowest BCUT2D eigenvalue weighted by molar-refractivity contribution is -0.134. The van der Waals surface area contributed by atoms with Gasteiger partial charge in [-0.15, -0.1) is 0 Å². The number of amides is 5. The highest BCUT2D eigenvalue weighted by atomic mass is 16.5. The van der Waals surface area contributed by atoms with Crippen LogP contribution in [0.2, 0.25) is 0 Å². The summed E-state index contributed by atoms with van der Waals surface area (Å²) >= 11 is 0. The zero-order valence-corrected chi connectivity index (χ0v) is 42.3. The van der Waals surface area contributed by atoms with Crippen LogP contribution in [0.5, 0.6) is 11.5 Å². The van der Waals surface area contributed by atoms with Crippen LogP contribution in [0.25, 0.3) is 22.0 Å². The van der Waals surface area contributed by atoms with E-state index in [2.05, 4.69) is 41.8 Å². The van der Waals surface area contributed by atoms with Gasteiger partial charge in [-0.2, -0.15) is 0 Å². The number of hydrogen-bond donors (Lipinski definition) is 10. The molecule has 5 aromatic rings. The number of benzene rings is 4. The highest BCUT2D eigenvalue weighted by Crippen LogP contribution is 2.30. The van der Waals surface area contributed by atoms with E-state index in [1.807, 2.05) is 91.0 Å². The Bertz CT molecular complexity index is 2690. The van der Waals surface area contributed by atoms with Gasteiger partial charge in [0.1, 0.15) is 29.6 Å². The number of hydrogen-bond acceptors (Lipinski definition) is 11. The summed E-state index contributed by atoms with van der Waals surface area (Å²) in [4.78, 5) is 76.4. The molecule has 394 valence electrons. The van der Waals surface area contributed by atoms with Gasteiger partial charge in [0.05, 0.1) is 34.0 Å². The number of methoxy groups -OCH3 is 2. The third-order valence-electron chi connectivity index (χ3n) is 13.6. The first kappa shape index (κ1) is 54.3. The van der Waals surface area contributed by atoms with Crippen molar-refractivity contribution in [2.45, 2.75) is 88.5 Å². The summed E-state index contributed by atoms with van der Waals surface area (Å²) in [6, 6.07) is 24.6. The molecule has 2 heterocycles. The molecule has 0 radical (unpaired) electrons. The lowest BCUT2D eigenvalue weighted by atomic mass is 9.85. The number of para-hydroxylation sites is 1. The third-order valence-corrected chi connectivity index (χ3v) is 13.6. The second-order valence-corrected chi connectivity index (χ2v) is 19.0. The van der Waals surface area contributed by atoms with E-state index in [9.17, 15) is 24.0 Å². The van der Waals surface area contributed by atoms with Gasteiger partial charge in [-0.05, 0) is 97.2 Å². The number of nitrogens with one attached hydrogen (secondary N) is 8. The fraction of sp³-hybridized carbons (Fsp3) is 0.418. The quantitative estimate of drug-likeness (QED) is 0.0240. The predicted molar refractivity (Wildman–Crippen MR) is 284 cm³/mol. The zero-order valence-electron chi connectivity index (χ0n) is 42.3. The van der Waals surface area contributed by atoms with E-state index in [0.29, 0.717) is 68.2 Å². The number of rotatable bonds is 24. The molecule has 1 aliphatic heterocycles. The van der Waals surface area contributed by atoms with E-state index in [4.69, 9.17) is 31.1 Å². The number of nitrogens with two attached hydrogens (primary N) is 2. The third kappa shape index (κ3) is 15.8. The van der Waals surface area contributed by atoms with Gasteiger partial charge in [0.15, 0.2) is 5.96 Å². The number of carbonyl (C=O) groups is 5. The molecule has 12 N–H and O–H groups in total. The van der Waals surface area contributed by atoms with Gasteiger partial charge in [0.2, 0.25) is 29.5 Å². The number of H-pyrrole nitrogens is 1. The van der Waals surface area contributed by atoms with Crippen LogP contribution in [-0.4, -0.2) is 123 Å². The Balaban J connectivity index is 1.11. The first-order chi connectivity index (χ1) is 35.8. The fourth-order valence-corrected chi connectivity index (χ4v) is 9.50. The van der Waals surface area contributed by atoms with E-state index < -0.39 is 47.7 Å². The number of unbranched alkanes of at least 4 members (excludes halogenated alkanes) is 1. The van der Waals surface area contributed by atoms with Crippen molar-refractivity contribution < 1.29 is 38.2 Å². The molecule has 2 aliphatic rings. The van der Waals surface area contributed by atoms with Gasteiger partial charge in [-0.25, -0.2) is 0 Å². The number of aromatic nitrogens is 1. The van der Waals surface area contributed by atoms with Crippen LogP contribution in [0, 0.1) is 11.3 Å². The Morgan fingerprint density at radius 3 is 2.23 bits per heavy atom. The Labute approximate surface area is 432 Å². The highest BCUT2D eigenvalue weighted by Gasteiger charge is 2.33. The number of nitrogens with zero attached hydrogens (tertiary/aromatic N) is 1. The molecule has 1 saturated carbocycles. The lowest BCUT2D eigenvalue weighted by Crippen LogP contribution is -2.58. The second-order valence-electron chi connectivity index (χ2n) is 19.0. The van der Waals surface area contributed by atoms with Crippen LogP contribution in [0.1, 0.15) is 61.6 Å². The number of morpholine rings is 1. The molecule has 1 saturated heterocycles. The first-order valence-corrected chi connectivity index (χ1v) is 25.4. The number of carbonyl (C=O) groups excluding carboxylic acids is 5. The maximum absolute atomic E-state index is 14.8. The van der Waals surface area contributed by atoms with Crippen LogP contribution >= 0.6 is 0 Å². The average molecular weight is 1010 g/mol. The van der Waals surface area contributed by atoms with Crippen LogP contribution < -0.4 is 52.8 Å². The van der Waals surface area contributed by atoms with E-state index in [1.165, 1.54) is 0 Å². The number of fused-ring (bicyclic) bond motifs is 1. The molecule has 74 heavy (non-hydrogen) atoms. The van der Waals surface area contributed by atoms with E-state index in [1.54, 1.807) is 20.4 Å². The molecule has 1 aliphatic carbocycles. The molecule has 0 bridgehead atoms. The lowest BCUT2D eigenvalue weighted by Gasteiger charge is -2.29. The normalized spacial score (nSPS) is 17.0. The number of guanidine groups is 1. The maximum atomic E-state index is 14.8. The summed E-state index contributed by atoms with van der Waals surface area (Å²) in [6.07, 6.45) is 5.68. The van der Waals surface area contributed by atoms with Crippen LogP contribution in [0.4, 0.5) is 5.69 Å². The van der Waals surface area contributed by atoms with Crippen molar-refractivity contribution in [2.75, 3.05) is 58.9 Å². The Morgan fingerprint density at radius 1 is 0.797 bits per heavy atom. The van der Waals surface area contributed by atoms with Gasteiger partial charge in [0, 0.05) is 79.3 Å². The predicted octanol–water partition coefficient (Wildman–Crippen LogP) is 3.85. The molecule has 5 atom stereocenters. The molecule has 0 spiro atoms. The standard InChI is InChI=1S/C55H71N11O8/c1-72-42-21-22-45-44(31-42)39(32-60-45)30-48(64-51(68)38-8-7-9-40(56)29-38)54(71)65-47(28-35-13-17-37(18-14-35)43-10-3-4-12-49(43)73-2)53(70)63-46(11-5-6-23-59-55(57)58)52(69)61-33-50(67)62-41-19-15-36(16-20-41)34-66-24-26-74-27-25-66/h3-4,10,12-22,31-32,38,40,46-48,60H,5-9,11,23-30,33-34,56H2,1-2H3,(H,61,69)(H,62,67)(H,63,70)(H,64,68)(H,65,71)(H4,57,58,59). The van der Waals surface area contributed by atoms with Gasteiger partial charge in [-0.1, -0.05) is 61.0 Å². The highest BCUT2D eigenvalue weighted by molar-refractivity contribution is 5.98. The van der Waals surface area contributed by atoms with Gasteiger partial charge < -0.3 is 62.6 Å². The van der Waals surface area contributed by atoms with Crippen LogP contribution in [0.3, 0.4) is 0 Å². The Morgan fingerprint density at radius 2 is 1.51 bits per heavy atom. The summed E-state index contributed by atoms with van der Waals surface area (Å²) in [6.45, 7) is 3.84. The van der Waals surface area contributed by atoms with Gasteiger partial charge in [0.25, 0.3) is 0 Å². The Hall–Kier alpha value is -7.48. The van der Waals surface area contributed by atoms with Crippen molar-refractivity contribution in [1.29, 1.82) is 5.41 Å². The molecule has 2 fully saturated rings. The molecule has 19 heteroatoms. The molecule has 4 aromatic carbocycles. The molecule has 5 amide bonds. The molecule has 1 aromatic heterocycles. The molecule has 5 unspecified atom stereocenters. The smallest absolute Gasteiger partial charge is 0.243 e. The summed E-state index contributed by atoms with van der Waals surface area (Å²) in [7, 11) is 3.17. The largest absolute Gasteiger partial charge is 0.497 e. The molecule has 19 nitrogen and oxygen atoms in total. The van der Waals surface area contributed by atoms with Crippen LogP contribution in [0.15, 0.2) is 97.2 Å². The average Bonchev–Trinajstić information content (AvgIpc) is 3.81.